The smallest absolute Gasteiger partial charge is 0.256 e. The molecule has 8 heteroatoms. The van der Waals surface area contributed by atoms with Crippen LogP contribution in [-0.4, -0.2) is 17.0 Å². The van der Waals surface area contributed by atoms with Gasteiger partial charge in [-0.3, -0.25) is 9.59 Å². The number of hydrogen-bond donors (Lipinski definition) is 2. The summed E-state index contributed by atoms with van der Waals surface area (Å²) in [5, 5.41) is 9.95. The highest BCUT2D eigenvalue weighted by Gasteiger charge is 2.10. The Hall–Kier alpha value is -2.83. The number of aromatic nitrogens is 1. The molecule has 0 saturated carbocycles. The summed E-state index contributed by atoms with van der Waals surface area (Å²) >= 11 is 11.8. The van der Waals surface area contributed by atoms with Crippen LogP contribution in [0.3, 0.4) is 0 Å². The lowest BCUT2D eigenvalue weighted by atomic mass is 10.1. The van der Waals surface area contributed by atoms with E-state index in [4.69, 9.17) is 27.7 Å². The Morgan fingerprint density at radius 1 is 1.00 bits per heavy atom. The van der Waals surface area contributed by atoms with E-state index in [9.17, 15) is 9.59 Å². The summed E-state index contributed by atoms with van der Waals surface area (Å²) in [5.74, 6) is 0.419. The molecule has 2 aromatic carbocycles. The van der Waals surface area contributed by atoms with Gasteiger partial charge in [-0.05, 0) is 48.9 Å². The topological polar surface area (TPSA) is 84.2 Å². The third kappa shape index (κ3) is 5.09. The zero-order valence-corrected chi connectivity index (χ0v) is 15.8. The number of anilines is 2. The highest BCUT2D eigenvalue weighted by molar-refractivity contribution is 6.42. The standard InChI is InChI=1S/C19H15Cl2N3O3/c1-11-8-17(24-27-11)23-19(26)13-3-5-14(6-4-13)22-18(25)10-12-2-7-15(20)16(21)9-12/h2-9H,10H2,1H3,(H,22,25)(H,23,24,26). The fraction of sp³-hybridized carbons (Fsp3) is 0.105. The Kier molecular flexibility index (Phi) is 5.78. The molecule has 1 aromatic heterocycles. The van der Waals surface area contributed by atoms with Gasteiger partial charge in [0.15, 0.2) is 5.82 Å². The van der Waals surface area contributed by atoms with Crippen LogP contribution in [0.1, 0.15) is 21.7 Å². The van der Waals surface area contributed by atoms with Gasteiger partial charge in [-0.2, -0.15) is 0 Å². The van der Waals surface area contributed by atoms with Gasteiger partial charge >= 0.3 is 0 Å². The van der Waals surface area contributed by atoms with Crippen molar-refractivity contribution in [2.75, 3.05) is 10.6 Å². The van der Waals surface area contributed by atoms with E-state index in [2.05, 4.69) is 15.8 Å². The van der Waals surface area contributed by atoms with Gasteiger partial charge in [0.2, 0.25) is 5.91 Å². The number of rotatable bonds is 5. The number of halogens is 2. The Labute approximate surface area is 165 Å². The van der Waals surface area contributed by atoms with Crippen molar-refractivity contribution in [3.8, 4) is 0 Å². The van der Waals surface area contributed by atoms with Crippen LogP contribution in [0.25, 0.3) is 0 Å². The second-order valence-electron chi connectivity index (χ2n) is 5.83. The predicted molar refractivity (Wildman–Crippen MR) is 104 cm³/mol. The van der Waals surface area contributed by atoms with Gasteiger partial charge in [0, 0.05) is 17.3 Å². The SMILES string of the molecule is Cc1cc(NC(=O)c2ccc(NC(=O)Cc3ccc(Cl)c(Cl)c3)cc2)no1. The van der Waals surface area contributed by atoms with Crippen LogP contribution in [0, 0.1) is 6.92 Å². The Morgan fingerprint density at radius 2 is 1.74 bits per heavy atom. The van der Waals surface area contributed by atoms with E-state index in [-0.39, 0.29) is 18.2 Å². The summed E-state index contributed by atoms with van der Waals surface area (Å²) in [6.07, 6.45) is 0.157. The molecule has 2 amide bonds. The third-order valence-corrected chi connectivity index (χ3v) is 4.39. The van der Waals surface area contributed by atoms with Crippen LogP contribution < -0.4 is 10.6 Å². The lowest BCUT2D eigenvalue weighted by molar-refractivity contribution is -0.115. The first-order chi connectivity index (χ1) is 12.9. The van der Waals surface area contributed by atoms with E-state index in [1.165, 1.54) is 0 Å². The molecular weight excluding hydrogens is 389 g/mol. The Morgan fingerprint density at radius 3 is 2.37 bits per heavy atom. The van der Waals surface area contributed by atoms with E-state index < -0.39 is 0 Å². The van der Waals surface area contributed by atoms with Crippen molar-refractivity contribution in [1.82, 2.24) is 5.16 Å². The number of amides is 2. The fourth-order valence-corrected chi connectivity index (χ4v) is 2.68. The summed E-state index contributed by atoms with van der Waals surface area (Å²) in [7, 11) is 0. The minimum absolute atomic E-state index is 0.157. The number of aryl methyl sites for hydroxylation is 1. The first-order valence-electron chi connectivity index (χ1n) is 7.99. The van der Waals surface area contributed by atoms with E-state index >= 15 is 0 Å². The van der Waals surface area contributed by atoms with Gasteiger partial charge in [0.05, 0.1) is 16.5 Å². The lowest BCUT2D eigenvalue weighted by Gasteiger charge is -2.07. The van der Waals surface area contributed by atoms with E-state index in [1.54, 1.807) is 55.5 Å². The van der Waals surface area contributed by atoms with Crippen LogP contribution >= 0.6 is 23.2 Å². The molecule has 0 atom stereocenters. The van der Waals surface area contributed by atoms with Crippen molar-refractivity contribution in [1.29, 1.82) is 0 Å². The molecule has 27 heavy (non-hydrogen) atoms. The number of nitrogens with zero attached hydrogens (tertiary/aromatic N) is 1. The molecule has 0 saturated heterocycles. The molecular formula is C19H15Cl2N3O3. The molecule has 0 radical (unpaired) electrons. The third-order valence-electron chi connectivity index (χ3n) is 3.65. The van der Waals surface area contributed by atoms with Crippen LogP contribution in [0.2, 0.25) is 10.0 Å². The van der Waals surface area contributed by atoms with Crippen molar-refractivity contribution in [3.63, 3.8) is 0 Å². The molecule has 6 nitrogen and oxygen atoms in total. The molecule has 0 aliphatic carbocycles. The molecule has 0 fully saturated rings. The molecule has 3 rings (SSSR count). The summed E-state index contributed by atoms with van der Waals surface area (Å²) in [5.41, 5.74) is 1.76. The quantitative estimate of drug-likeness (QED) is 0.644. The van der Waals surface area contributed by atoms with Crippen molar-refractivity contribution in [2.45, 2.75) is 13.3 Å². The minimum Gasteiger partial charge on any atom is -0.360 e. The Bertz CT molecular complexity index is 984. The van der Waals surface area contributed by atoms with Crippen molar-refractivity contribution >= 4 is 46.5 Å². The molecule has 0 bridgehead atoms. The van der Waals surface area contributed by atoms with Crippen LogP contribution in [0.15, 0.2) is 53.1 Å². The second kappa shape index (κ2) is 8.24. The zero-order chi connectivity index (χ0) is 19.4. The normalized spacial score (nSPS) is 10.5. The fourth-order valence-electron chi connectivity index (χ4n) is 2.36. The highest BCUT2D eigenvalue weighted by atomic mass is 35.5. The minimum atomic E-state index is -0.322. The second-order valence-corrected chi connectivity index (χ2v) is 6.64. The molecule has 0 aliphatic heterocycles. The van der Waals surface area contributed by atoms with Crippen molar-refractivity contribution < 1.29 is 14.1 Å². The number of carbonyl (C=O) groups is 2. The summed E-state index contributed by atoms with van der Waals surface area (Å²) in [6.45, 7) is 1.73. The molecule has 2 N–H and O–H groups in total. The number of nitrogens with one attached hydrogen (secondary N) is 2. The maximum absolute atomic E-state index is 12.2. The van der Waals surface area contributed by atoms with Crippen LogP contribution in [-0.2, 0) is 11.2 Å². The van der Waals surface area contributed by atoms with Gasteiger partial charge in [-0.15, -0.1) is 0 Å². The van der Waals surface area contributed by atoms with Gasteiger partial charge in [0.25, 0.3) is 5.91 Å². The number of carbonyl (C=O) groups excluding carboxylic acids is 2. The van der Waals surface area contributed by atoms with Gasteiger partial charge in [0.1, 0.15) is 5.76 Å². The lowest BCUT2D eigenvalue weighted by Crippen LogP contribution is -2.15. The highest BCUT2D eigenvalue weighted by Crippen LogP contribution is 2.23. The molecule has 3 aromatic rings. The van der Waals surface area contributed by atoms with E-state index in [1.807, 2.05) is 0 Å². The van der Waals surface area contributed by atoms with Crippen molar-refractivity contribution in [2.24, 2.45) is 0 Å². The van der Waals surface area contributed by atoms with E-state index in [0.717, 1.165) is 5.56 Å². The van der Waals surface area contributed by atoms with Crippen LogP contribution in [0.5, 0.6) is 0 Å². The van der Waals surface area contributed by atoms with Gasteiger partial charge in [-0.1, -0.05) is 34.4 Å². The van der Waals surface area contributed by atoms with E-state index in [0.29, 0.717) is 32.9 Å². The largest absolute Gasteiger partial charge is 0.360 e. The average Bonchev–Trinajstić information content (AvgIpc) is 3.03. The maximum atomic E-state index is 12.2. The average molecular weight is 404 g/mol. The molecule has 0 aliphatic rings. The summed E-state index contributed by atoms with van der Waals surface area (Å²) in [6, 6.07) is 13.2. The van der Waals surface area contributed by atoms with Crippen molar-refractivity contribution in [3.05, 3.63) is 75.5 Å². The molecule has 0 unspecified atom stereocenters. The monoisotopic (exact) mass is 403 g/mol. The zero-order valence-electron chi connectivity index (χ0n) is 14.3. The maximum Gasteiger partial charge on any atom is 0.256 e. The Balaban J connectivity index is 1.58. The number of benzene rings is 2. The molecule has 0 spiro atoms. The first-order valence-corrected chi connectivity index (χ1v) is 8.75. The summed E-state index contributed by atoms with van der Waals surface area (Å²) in [4.78, 5) is 24.3. The summed E-state index contributed by atoms with van der Waals surface area (Å²) < 4.78 is 4.90. The predicted octanol–water partition coefficient (Wildman–Crippen LogP) is 4.72. The van der Waals surface area contributed by atoms with Gasteiger partial charge in [-0.25, -0.2) is 0 Å². The first kappa shape index (κ1) is 18.9. The van der Waals surface area contributed by atoms with Crippen LogP contribution in [0.4, 0.5) is 11.5 Å². The van der Waals surface area contributed by atoms with Gasteiger partial charge < -0.3 is 15.2 Å². The number of hydrogen-bond acceptors (Lipinski definition) is 4. The molecule has 138 valence electrons. The molecule has 1 heterocycles.